The highest BCUT2D eigenvalue weighted by Gasteiger charge is 2.53. The van der Waals surface area contributed by atoms with Crippen LogP contribution >= 0.6 is 0 Å². The fourth-order valence-corrected chi connectivity index (χ4v) is 11.1. The van der Waals surface area contributed by atoms with Crippen LogP contribution in [0.5, 0.6) is 0 Å². The van der Waals surface area contributed by atoms with Crippen LogP contribution in [0.1, 0.15) is 138 Å². The van der Waals surface area contributed by atoms with Gasteiger partial charge in [0, 0.05) is 57.3 Å². The zero-order valence-corrected chi connectivity index (χ0v) is 47.2. The Morgan fingerprint density at radius 3 is 2.33 bits per heavy atom. The van der Waals surface area contributed by atoms with Gasteiger partial charge in [0.25, 0.3) is 11.7 Å². The van der Waals surface area contributed by atoms with E-state index in [1.165, 1.54) is 12.0 Å². The molecule has 2 aliphatic heterocycles. The van der Waals surface area contributed by atoms with E-state index in [9.17, 15) is 39.3 Å². The summed E-state index contributed by atoms with van der Waals surface area (Å²) in [5.74, 6) is -5.75. The molecule has 0 bridgehead atoms. The first-order valence-corrected chi connectivity index (χ1v) is 27.8. The van der Waals surface area contributed by atoms with Gasteiger partial charge in [0.2, 0.25) is 5.79 Å². The Morgan fingerprint density at radius 2 is 1.67 bits per heavy atom. The van der Waals surface area contributed by atoms with Crippen LogP contribution in [-0.2, 0) is 58.8 Å². The summed E-state index contributed by atoms with van der Waals surface area (Å²) in [6.45, 7) is 15.0. The number of allylic oxidation sites excluding steroid dienone is 4. The Morgan fingerprint density at radius 1 is 0.947 bits per heavy atom. The van der Waals surface area contributed by atoms with Crippen molar-refractivity contribution in [1.29, 1.82) is 0 Å². The Bertz CT molecular complexity index is 2150. The van der Waals surface area contributed by atoms with E-state index in [-0.39, 0.29) is 74.1 Å². The lowest BCUT2D eigenvalue weighted by Crippen LogP contribution is -2.61. The summed E-state index contributed by atoms with van der Waals surface area (Å²) in [7, 11) is 2.97. The smallest absolute Gasteiger partial charge is 0.329 e. The topological polar surface area (TPSA) is 205 Å². The first kappa shape index (κ1) is 64.2. The number of methoxy groups -OCH3 is 2. The van der Waals surface area contributed by atoms with Gasteiger partial charge in [-0.05, 0) is 120 Å². The van der Waals surface area contributed by atoms with Crippen molar-refractivity contribution in [3.8, 4) is 12.3 Å². The number of aliphatic hydroxyl groups excluding tert-OH is 2. The third-order valence-corrected chi connectivity index (χ3v) is 15.9. The zero-order valence-electron chi connectivity index (χ0n) is 47.2. The molecule has 0 aromatic heterocycles. The second-order valence-corrected chi connectivity index (χ2v) is 21.9. The summed E-state index contributed by atoms with van der Waals surface area (Å²) in [4.78, 5) is 72.4. The molecule has 0 radical (unpaired) electrons. The Labute approximate surface area is 453 Å². The molecule has 1 saturated carbocycles. The highest BCUT2D eigenvalue weighted by Crippen LogP contribution is 2.38. The minimum absolute atomic E-state index is 0.0692. The van der Waals surface area contributed by atoms with Gasteiger partial charge in [-0.25, -0.2) is 4.79 Å². The number of rotatable bonds is 30. The zero-order chi connectivity index (χ0) is 56.1. The SMILES string of the molecule is C#C[C@H](C)C[C@@H](C)C(=O)[C@H](OC)[C@H](O)/C(C)=C/[C@@H](C)C(=O)C[C@H](OC(=O)C1CCCCN1C(=O)C(=O)[C@]1(O)O[C@H](CC(OCCc2ccccc2)/C(C)=C/C=C/C)CC[C@H]1C)[C@H](C)C[C@@H]1CC[C@@H](OCCO)[C@H](OC)C1. The number of ketones is 3. The number of aliphatic hydroxyl groups is 3. The van der Waals surface area contributed by atoms with Crippen molar-refractivity contribution in [2.24, 2.45) is 35.5 Å². The predicted molar refractivity (Wildman–Crippen MR) is 290 cm³/mol. The summed E-state index contributed by atoms with van der Waals surface area (Å²) < 4.78 is 36.2. The maximum atomic E-state index is 14.6. The number of piperidine rings is 1. The number of hydrogen-bond donors (Lipinski definition) is 3. The van der Waals surface area contributed by atoms with E-state index in [0.29, 0.717) is 76.4 Å². The third-order valence-electron chi connectivity index (χ3n) is 15.9. The summed E-state index contributed by atoms with van der Waals surface area (Å²) in [5.41, 5.74) is 2.44. The van der Waals surface area contributed by atoms with Crippen molar-refractivity contribution in [2.45, 2.75) is 193 Å². The van der Waals surface area contributed by atoms with Crippen molar-refractivity contribution in [2.75, 3.05) is 40.6 Å². The van der Waals surface area contributed by atoms with Gasteiger partial charge in [-0.3, -0.25) is 19.2 Å². The maximum Gasteiger partial charge on any atom is 0.329 e. The van der Waals surface area contributed by atoms with Crippen LogP contribution in [0.4, 0.5) is 0 Å². The number of amides is 1. The lowest BCUT2D eigenvalue weighted by atomic mass is 9.78. The molecule has 1 aromatic rings. The maximum absolute atomic E-state index is 14.6. The van der Waals surface area contributed by atoms with Gasteiger partial charge in [-0.2, -0.15) is 0 Å². The molecule has 2 unspecified atom stereocenters. The van der Waals surface area contributed by atoms with Crippen LogP contribution < -0.4 is 0 Å². The quantitative estimate of drug-likeness (QED) is 0.0221. The van der Waals surface area contributed by atoms with E-state index < -0.39 is 77.8 Å². The molecular formula is C61H91NO14. The standard InChI is InChI=1S/C61H91NO14/c1-12-14-20-40(4)52(73-31-28-46-21-16-15-17-22-46)37-48-26-24-45(9)61(70,76-48)58(67)59(68)62-29-19-18-23-49(62)60(69)75-53(42(6)35-47-25-27-51(74-32-30-63)54(36-47)71-10)38-50(64)41(5)34-44(8)56(66)57(72-11)55(65)43(7)33-39(3)13-2/h2,12,14-17,20-22,34,39,41-43,45,47-49,51-54,56-57,63,66,70H,18-19,23-33,35-38H2,1,3-11H3/b14-12+,40-20+,44-34+/t39-,41+,42+,43+,45+,47-,48-,49?,51+,52?,53-,54+,56+,57-,61+/m0/s1. The van der Waals surface area contributed by atoms with Gasteiger partial charge >= 0.3 is 5.97 Å². The number of benzene rings is 1. The van der Waals surface area contributed by atoms with Gasteiger partial charge in [0.05, 0.1) is 44.2 Å². The van der Waals surface area contributed by atoms with E-state index in [1.807, 2.05) is 76.3 Å². The van der Waals surface area contributed by atoms with Crippen molar-refractivity contribution in [3.05, 3.63) is 71.3 Å². The molecule has 3 N–H and O–H groups in total. The number of hydrogen-bond acceptors (Lipinski definition) is 14. The van der Waals surface area contributed by atoms with Crippen LogP contribution in [0.25, 0.3) is 0 Å². The van der Waals surface area contributed by atoms with Crippen LogP contribution in [-0.4, -0.2) is 145 Å². The highest BCUT2D eigenvalue weighted by molar-refractivity contribution is 6.39. The van der Waals surface area contributed by atoms with E-state index in [0.717, 1.165) is 17.6 Å². The van der Waals surface area contributed by atoms with Crippen LogP contribution in [0.3, 0.4) is 0 Å². The minimum atomic E-state index is -2.46. The largest absolute Gasteiger partial charge is 0.460 e. The Balaban J connectivity index is 1.55. The van der Waals surface area contributed by atoms with E-state index in [2.05, 4.69) is 5.92 Å². The summed E-state index contributed by atoms with van der Waals surface area (Å²) >= 11 is 0. The molecular weight excluding hydrogens is 971 g/mol. The molecule has 3 fully saturated rings. The summed E-state index contributed by atoms with van der Waals surface area (Å²) in [6, 6.07) is 8.84. The lowest BCUT2D eigenvalue weighted by Gasteiger charge is -2.43. The monoisotopic (exact) mass is 1060 g/mol. The average Bonchev–Trinajstić information content (AvgIpc) is 3.41. The molecule has 15 heteroatoms. The molecule has 2 heterocycles. The molecule has 1 amide bonds. The number of carbonyl (C=O) groups is 5. The first-order valence-electron chi connectivity index (χ1n) is 27.8. The Hall–Kier alpha value is -4.37. The normalized spacial score (nSPS) is 26.8. The van der Waals surface area contributed by atoms with Gasteiger partial charge in [-0.1, -0.05) is 89.3 Å². The molecule has 0 spiro atoms. The van der Waals surface area contributed by atoms with Gasteiger partial charge in [0.1, 0.15) is 30.1 Å². The van der Waals surface area contributed by atoms with Gasteiger partial charge in [-0.15, -0.1) is 12.3 Å². The number of terminal acetylenes is 1. The summed E-state index contributed by atoms with van der Waals surface area (Å²) in [5, 5.41) is 32.9. The average molecular weight is 1060 g/mol. The Kier molecular flexibility index (Phi) is 26.9. The van der Waals surface area contributed by atoms with Crippen molar-refractivity contribution in [1.82, 2.24) is 4.90 Å². The number of likely N-dealkylation sites (tertiary alicyclic amines) is 1. The molecule has 4 rings (SSSR count). The van der Waals surface area contributed by atoms with Crippen molar-refractivity contribution < 1.29 is 67.7 Å². The second kappa shape index (κ2) is 31.9. The second-order valence-electron chi connectivity index (χ2n) is 21.9. The molecule has 1 aromatic carbocycles. The molecule has 15 atom stereocenters. The number of esters is 1. The highest BCUT2D eigenvalue weighted by atomic mass is 16.6. The summed E-state index contributed by atoms with van der Waals surface area (Å²) in [6.07, 6.45) is 14.2. The van der Waals surface area contributed by atoms with Gasteiger partial charge in [0.15, 0.2) is 5.78 Å². The first-order chi connectivity index (χ1) is 36.2. The number of ether oxygens (including phenoxy) is 6. The fourth-order valence-electron chi connectivity index (χ4n) is 11.1. The van der Waals surface area contributed by atoms with Crippen LogP contribution in [0.2, 0.25) is 0 Å². The molecule has 424 valence electrons. The third kappa shape index (κ3) is 18.4. The number of Topliss-reactive ketones (excluding diaryl/α,β-unsaturated/α-hetero) is 3. The molecule has 15 nitrogen and oxygen atoms in total. The number of nitrogens with zero attached hydrogens (tertiary/aromatic N) is 1. The van der Waals surface area contributed by atoms with E-state index >= 15 is 0 Å². The van der Waals surface area contributed by atoms with E-state index in [4.69, 9.17) is 34.8 Å². The molecule has 1 aliphatic carbocycles. The van der Waals surface area contributed by atoms with Crippen LogP contribution in [0.15, 0.2) is 65.8 Å². The van der Waals surface area contributed by atoms with E-state index in [1.54, 1.807) is 40.9 Å². The lowest BCUT2D eigenvalue weighted by molar-refractivity contribution is -0.266. The van der Waals surface area contributed by atoms with Crippen LogP contribution in [0, 0.1) is 47.9 Å². The van der Waals surface area contributed by atoms with Gasteiger partial charge < -0.3 is 48.6 Å². The number of carbonyl (C=O) groups excluding carboxylic acids is 5. The molecule has 76 heavy (non-hydrogen) atoms. The van der Waals surface area contributed by atoms with Crippen molar-refractivity contribution >= 4 is 29.2 Å². The predicted octanol–water partition coefficient (Wildman–Crippen LogP) is 7.89. The fraction of sp³-hybridized carbons (Fsp3) is 0.689. The minimum Gasteiger partial charge on any atom is -0.460 e. The van der Waals surface area contributed by atoms with Crippen molar-refractivity contribution in [3.63, 3.8) is 0 Å². The molecule has 2 saturated heterocycles. The molecule has 3 aliphatic rings.